The van der Waals surface area contributed by atoms with Gasteiger partial charge in [-0.25, -0.2) is 0 Å². The van der Waals surface area contributed by atoms with E-state index in [4.69, 9.17) is 10.00 Å². The molecule has 78 valence electrons. The standard InChI is InChI=1S/C12H8N2O2/c13-7-9-1-3-10(4-2-9)16-11-5-6-12(15)14-8-11/h1-6,8H,(H,14,15). The summed E-state index contributed by atoms with van der Waals surface area (Å²) < 4.78 is 5.45. The molecule has 0 bridgehead atoms. The topological polar surface area (TPSA) is 65.9 Å². The maximum Gasteiger partial charge on any atom is 0.248 e. The number of H-pyrrole nitrogens is 1. The second-order valence-corrected chi connectivity index (χ2v) is 3.13. The van der Waals surface area contributed by atoms with E-state index in [1.807, 2.05) is 6.07 Å². The molecule has 0 atom stereocenters. The average molecular weight is 212 g/mol. The molecule has 2 rings (SSSR count). The van der Waals surface area contributed by atoms with E-state index in [-0.39, 0.29) is 5.56 Å². The fourth-order valence-electron chi connectivity index (χ4n) is 1.19. The minimum Gasteiger partial charge on any atom is -0.456 e. The Bertz CT molecular complexity index is 559. The molecule has 0 aliphatic heterocycles. The van der Waals surface area contributed by atoms with Crippen LogP contribution in [-0.4, -0.2) is 4.98 Å². The van der Waals surface area contributed by atoms with Crippen molar-refractivity contribution < 1.29 is 4.74 Å². The molecule has 0 fully saturated rings. The minimum atomic E-state index is -0.174. The van der Waals surface area contributed by atoms with Crippen molar-refractivity contribution >= 4 is 0 Å². The van der Waals surface area contributed by atoms with Crippen molar-refractivity contribution in [2.24, 2.45) is 0 Å². The Labute approximate surface area is 91.7 Å². The highest BCUT2D eigenvalue weighted by atomic mass is 16.5. The number of rotatable bonds is 2. The molecule has 2 aromatic rings. The number of ether oxygens (including phenoxy) is 1. The van der Waals surface area contributed by atoms with Crippen molar-refractivity contribution in [1.29, 1.82) is 5.26 Å². The van der Waals surface area contributed by atoms with Gasteiger partial charge in [0, 0.05) is 12.3 Å². The number of nitriles is 1. The maximum absolute atomic E-state index is 10.8. The number of aromatic amines is 1. The predicted octanol–water partition coefficient (Wildman–Crippen LogP) is 2.04. The van der Waals surface area contributed by atoms with Gasteiger partial charge >= 0.3 is 0 Å². The Morgan fingerprint density at radius 2 is 1.75 bits per heavy atom. The van der Waals surface area contributed by atoms with Crippen LogP contribution >= 0.6 is 0 Å². The van der Waals surface area contributed by atoms with E-state index in [2.05, 4.69) is 4.98 Å². The van der Waals surface area contributed by atoms with Gasteiger partial charge in [0.2, 0.25) is 5.56 Å². The number of hydrogen-bond donors (Lipinski definition) is 1. The van der Waals surface area contributed by atoms with Crippen LogP contribution in [0.3, 0.4) is 0 Å². The molecular formula is C12H8N2O2. The van der Waals surface area contributed by atoms with Crippen LogP contribution < -0.4 is 10.3 Å². The second-order valence-electron chi connectivity index (χ2n) is 3.13. The lowest BCUT2D eigenvalue weighted by Gasteiger charge is -2.04. The summed E-state index contributed by atoms with van der Waals surface area (Å²) in [6.07, 6.45) is 1.49. The van der Waals surface area contributed by atoms with E-state index in [1.54, 1.807) is 30.3 Å². The van der Waals surface area contributed by atoms with Crippen LogP contribution in [0.2, 0.25) is 0 Å². The molecule has 0 saturated heterocycles. The number of nitrogens with zero attached hydrogens (tertiary/aromatic N) is 1. The van der Waals surface area contributed by atoms with Crippen molar-refractivity contribution in [3.63, 3.8) is 0 Å². The zero-order chi connectivity index (χ0) is 11.4. The van der Waals surface area contributed by atoms with Crippen LogP contribution in [0.1, 0.15) is 5.56 Å². The summed E-state index contributed by atoms with van der Waals surface area (Å²) in [5, 5.41) is 8.62. The van der Waals surface area contributed by atoms with E-state index < -0.39 is 0 Å². The van der Waals surface area contributed by atoms with Crippen molar-refractivity contribution in [3.8, 4) is 17.6 Å². The van der Waals surface area contributed by atoms with E-state index in [0.29, 0.717) is 17.1 Å². The normalized spacial score (nSPS) is 9.44. The molecule has 0 aliphatic carbocycles. The van der Waals surface area contributed by atoms with Crippen LogP contribution in [0.25, 0.3) is 0 Å². The maximum atomic E-state index is 10.8. The lowest BCUT2D eigenvalue weighted by Crippen LogP contribution is -2.01. The number of benzene rings is 1. The van der Waals surface area contributed by atoms with Crippen LogP contribution in [0.5, 0.6) is 11.5 Å². The summed E-state index contributed by atoms with van der Waals surface area (Å²) in [5.41, 5.74) is 0.404. The molecule has 1 aromatic carbocycles. The molecule has 0 spiro atoms. The molecule has 1 aromatic heterocycles. The molecule has 4 heteroatoms. The van der Waals surface area contributed by atoms with Crippen molar-refractivity contribution in [3.05, 3.63) is 58.5 Å². The monoisotopic (exact) mass is 212 g/mol. The molecule has 4 nitrogen and oxygen atoms in total. The van der Waals surface area contributed by atoms with Crippen LogP contribution in [0.15, 0.2) is 47.4 Å². The van der Waals surface area contributed by atoms with Gasteiger partial charge in [0.15, 0.2) is 0 Å². The van der Waals surface area contributed by atoms with Crippen molar-refractivity contribution in [2.45, 2.75) is 0 Å². The zero-order valence-corrected chi connectivity index (χ0v) is 8.31. The third-order valence-electron chi connectivity index (χ3n) is 1.97. The Balaban J connectivity index is 2.18. The first kappa shape index (κ1) is 9.99. The third kappa shape index (κ3) is 2.28. The largest absolute Gasteiger partial charge is 0.456 e. The summed E-state index contributed by atoms with van der Waals surface area (Å²) in [4.78, 5) is 13.3. The minimum absolute atomic E-state index is 0.174. The highest BCUT2D eigenvalue weighted by molar-refractivity contribution is 5.36. The van der Waals surface area contributed by atoms with Crippen LogP contribution in [-0.2, 0) is 0 Å². The van der Waals surface area contributed by atoms with E-state index in [9.17, 15) is 4.79 Å². The summed E-state index contributed by atoms with van der Waals surface area (Å²) >= 11 is 0. The van der Waals surface area contributed by atoms with Gasteiger partial charge in [0.05, 0.1) is 11.6 Å². The van der Waals surface area contributed by atoms with Crippen LogP contribution in [0.4, 0.5) is 0 Å². The van der Waals surface area contributed by atoms with Crippen molar-refractivity contribution in [2.75, 3.05) is 0 Å². The van der Waals surface area contributed by atoms with Gasteiger partial charge in [0.1, 0.15) is 11.5 Å². The summed E-state index contributed by atoms with van der Waals surface area (Å²) in [6.45, 7) is 0. The molecule has 0 aliphatic rings. The average Bonchev–Trinajstić information content (AvgIpc) is 2.33. The number of nitrogens with one attached hydrogen (secondary N) is 1. The third-order valence-corrected chi connectivity index (χ3v) is 1.97. The highest BCUT2D eigenvalue weighted by Gasteiger charge is 1.97. The smallest absolute Gasteiger partial charge is 0.248 e. The lowest BCUT2D eigenvalue weighted by atomic mass is 10.2. The predicted molar refractivity (Wildman–Crippen MR) is 58.3 cm³/mol. The fourth-order valence-corrected chi connectivity index (χ4v) is 1.19. The van der Waals surface area contributed by atoms with Gasteiger partial charge in [-0.15, -0.1) is 0 Å². The first-order valence-electron chi connectivity index (χ1n) is 4.65. The Morgan fingerprint density at radius 3 is 2.31 bits per heavy atom. The highest BCUT2D eigenvalue weighted by Crippen LogP contribution is 2.19. The SMILES string of the molecule is N#Cc1ccc(Oc2ccc(=O)[nH]c2)cc1. The first-order valence-corrected chi connectivity index (χ1v) is 4.65. The summed E-state index contributed by atoms with van der Waals surface area (Å²) in [7, 11) is 0. The van der Waals surface area contributed by atoms with Gasteiger partial charge in [-0.1, -0.05) is 0 Å². The molecule has 0 radical (unpaired) electrons. The van der Waals surface area contributed by atoms with E-state index >= 15 is 0 Å². The molecule has 0 saturated carbocycles. The summed E-state index contributed by atoms with van der Waals surface area (Å²) in [5.74, 6) is 1.16. The first-order chi connectivity index (χ1) is 7.78. The summed E-state index contributed by atoms with van der Waals surface area (Å²) in [6, 6.07) is 11.7. The molecule has 0 amide bonds. The second kappa shape index (κ2) is 4.32. The number of aromatic nitrogens is 1. The number of pyridine rings is 1. The number of hydrogen-bond acceptors (Lipinski definition) is 3. The van der Waals surface area contributed by atoms with Gasteiger partial charge in [-0.05, 0) is 30.3 Å². The lowest BCUT2D eigenvalue weighted by molar-refractivity contribution is 0.480. The van der Waals surface area contributed by atoms with E-state index in [1.165, 1.54) is 12.3 Å². The Hall–Kier alpha value is -2.54. The zero-order valence-electron chi connectivity index (χ0n) is 8.31. The molecule has 16 heavy (non-hydrogen) atoms. The fraction of sp³-hybridized carbons (Fsp3) is 0. The molecule has 1 heterocycles. The van der Waals surface area contributed by atoms with Gasteiger partial charge in [-0.2, -0.15) is 5.26 Å². The van der Waals surface area contributed by atoms with Gasteiger partial charge < -0.3 is 9.72 Å². The quantitative estimate of drug-likeness (QED) is 0.828. The Kier molecular flexibility index (Phi) is 2.70. The van der Waals surface area contributed by atoms with Gasteiger partial charge in [0.25, 0.3) is 0 Å². The van der Waals surface area contributed by atoms with E-state index in [0.717, 1.165) is 0 Å². The Morgan fingerprint density at radius 1 is 1.06 bits per heavy atom. The molecule has 0 unspecified atom stereocenters. The van der Waals surface area contributed by atoms with Crippen LogP contribution in [0, 0.1) is 11.3 Å². The van der Waals surface area contributed by atoms with Gasteiger partial charge in [-0.3, -0.25) is 4.79 Å². The molecular weight excluding hydrogens is 204 g/mol. The van der Waals surface area contributed by atoms with Crippen molar-refractivity contribution in [1.82, 2.24) is 4.98 Å². The molecule has 1 N–H and O–H groups in total.